The summed E-state index contributed by atoms with van der Waals surface area (Å²) >= 11 is 5.72. The second-order valence-electron chi connectivity index (χ2n) is 6.43. The van der Waals surface area contributed by atoms with Gasteiger partial charge >= 0.3 is 0 Å². The minimum atomic E-state index is -4.01. The van der Waals surface area contributed by atoms with Crippen LogP contribution >= 0.6 is 11.6 Å². The van der Waals surface area contributed by atoms with Crippen molar-refractivity contribution in [3.63, 3.8) is 0 Å². The van der Waals surface area contributed by atoms with Gasteiger partial charge < -0.3 is 4.74 Å². The van der Waals surface area contributed by atoms with Gasteiger partial charge in [-0.25, -0.2) is 17.5 Å². The lowest BCUT2D eigenvalue weighted by molar-refractivity contribution is 0.240. The van der Waals surface area contributed by atoms with Crippen LogP contribution in [0.25, 0.3) is 0 Å². The summed E-state index contributed by atoms with van der Waals surface area (Å²) in [5, 5.41) is 0.149. The van der Waals surface area contributed by atoms with Gasteiger partial charge in [-0.2, -0.15) is 0 Å². The van der Waals surface area contributed by atoms with E-state index < -0.39 is 20.7 Å². The Morgan fingerprint density at radius 3 is 2.59 bits per heavy atom. The van der Waals surface area contributed by atoms with Crippen LogP contribution in [0.5, 0.6) is 5.75 Å². The molecule has 3 rings (SSSR count). The normalized spacial score (nSPS) is 16.4. The highest BCUT2D eigenvalue weighted by molar-refractivity contribution is 7.89. The van der Waals surface area contributed by atoms with Gasteiger partial charge in [0.25, 0.3) is 0 Å². The standard InChI is InChI=1S/C19H22ClFN2O3S/c1-26-18-7-3-2-6-15(18)17(23-10-4-5-11-23)13-22-27(24,25)19-9-8-14(20)12-16(19)21/h2-3,6-9,12,17,22H,4-5,10-11,13H2,1H3. The molecule has 0 aromatic heterocycles. The predicted octanol–water partition coefficient (Wildman–Crippen LogP) is 3.60. The SMILES string of the molecule is COc1ccccc1C(CNS(=O)(=O)c1ccc(Cl)cc1F)N1CCCC1. The van der Waals surface area contributed by atoms with Gasteiger partial charge in [0, 0.05) is 17.1 Å². The number of methoxy groups -OCH3 is 1. The van der Waals surface area contributed by atoms with Crippen molar-refractivity contribution >= 4 is 21.6 Å². The minimum Gasteiger partial charge on any atom is -0.496 e. The van der Waals surface area contributed by atoms with Gasteiger partial charge in [-0.3, -0.25) is 4.90 Å². The van der Waals surface area contributed by atoms with E-state index in [1.54, 1.807) is 7.11 Å². The summed E-state index contributed by atoms with van der Waals surface area (Å²) in [6, 6.07) is 10.9. The van der Waals surface area contributed by atoms with Crippen LogP contribution in [0, 0.1) is 5.82 Å². The van der Waals surface area contributed by atoms with E-state index in [9.17, 15) is 12.8 Å². The first-order chi connectivity index (χ1) is 12.9. The van der Waals surface area contributed by atoms with Gasteiger partial charge in [0.2, 0.25) is 10.0 Å². The maximum absolute atomic E-state index is 14.1. The van der Waals surface area contributed by atoms with Gasteiger partial charge in [0.05, 0.1) is 13.2 Å². The van der Waals surface area contributed by atoms with Crippen LogP contribution in [0.4, 0.5) is 4.39 Å². The zero-order valence-electron chi connectivity index (χ0n) is 15.0. The maximum Gasteiger partial charge on any atom is 0.243 e. The van der Waals surface area contributed by atoms with E-state index in [0.717, 1.165) is 37.6 Å². The second kappa shape index (κ2) is 8.56. The number of nitrogens with one attached hydrogen (secondary N) is 1. The average Bonchev–Trinajstić information content (AvgIpc) is 3.16. The first kappa shape index (κ1) is 20.1. The molecule has 0 spiro atoms. The number of para-hydroxylation sites is 1. The fourth-order valence-electron chi connectivity index (χ4n) is 3.39. The minimum absolute atomic E-state index is 0.116. The third-order valence-corrected chi connectivity index (χ3v) is 6.42. The number of sulfonamides is 1. The number of likely N-dealkylation sites (tertiary alicyclic amines) is 1. The fraction of sp³-hybridized carbons (Fsp3) is 0.368. The van der Waals surface area contributed by atoms with E-state index in [1.165, 1.54) is 12.1 Å². The molecule has 27 heavy (non-hydrogen) atoms. The smallest absolute Gasteiger partial charge is 0.243 e. The number of rotatable bonds is 7. The maximum atomic E-state index is 14.1. The summed E-state index contributed by atoms with van der Waals surface area (Å²) < 4.78 is 47.3. The Labute approximate surface area is 164 Å². The molecule has 2 aromatic carbocycles. The van der Waals surface area contributed by atoms with E-state index in [-0.39, 0.29) is 17.6 Å². The van der Waals surface area contributed by atoms with Gasteiger partial charge in [-0.1, -0.05) is 29.8 Å². The lowest BCUT2D eigenvalue weighted by Crippen LogP contribution is -2.37. The van der Waals surface area contributed by atoms with Crippen molar-refractivity contribution in [3.05, 3.63) is 58.9 Å². The van der Waals surface area contributed by atoms with E-state index >= 15 is 0 Å². The molecule has 1 N–H and O–H groups in total. The van der Waals surface area contributed by atoms with Crippen LogP contribution < -0.4 is 9.46 Å². The largest absolute Gasteiger partial charge is 0.496 e. The summed E-state index contributed by atoms with van der Waals surface area (Å²) in [6.07, 6.45) is 2.12. The molecule has 0 radical (unpaired) electrons. The molecule has 1 aliphatic rings. The quantitative estimate of drug-likeness (QED) is 0.754. The van der Waals surface area contributed by atoms with Crippen LogP contribution in [-0.4, -0.2) is 40.1 Å². The van der Waals surface area contributed by atoms with Gasteiger partial charge in [-0.15, -0.1) is 0 Å². The molecule has 0 aliphatic carbocycles. The molecule has 1 saturated heterocycles. The molecular formula is C19H22ClFN2O3S. The monoisotopic (exact) mass is 412 g/mol. The zero-order chi connectivity index (χ0) is 19.4. The van der Waals surface area contributed by atoms with Crippen LogP contribution in [0.1, 0.15) is 24.4 Å². The summed E-state index contributed by atoms with van der Waals surface area (Å²) in [5.41, 5.74) is 0.904. The molecule has 1 heterocycles. The summed E-state index contributed by atoms with van der Waals surface area (Å²) in [6.45, 7) is 1.87. The molecular weight excluding hydrogens is 391 g/mol. The van der Waals surface area contributed by atoms with E-state index in [0.29, 0.717) is 5.75 Å². The van der Waals surface area contributed by atoms with Gasteiger partial charge in [0.1, 0.15) is 16.5 Å². The first-order valence-electron chi connectivity index (χ1n) is 8.74. The molecule has 0 saturated carbocycles. The Balaban J connectivity index is 1.86. The van der Waals surface area contributed by atoms with E-state index in [4.69, 9.17) is 16.3 Å². The number of halogens is 2. The van der Waals surface area contributed by atoms with Crippen molar-refractivity contribution in [3.8, 4) is 5.75 Å². The summed E-state index contributed by atoms with van der Waals surface area (Å²) in [7, 11) is -2.42. The van der Waals surface area contributed by atoms with E-state index in [1.807, 2.05) is 24.3 Å². The molecule has 1 fully saturated rings. The molecule has 1 unspecified atom stereocenters. The lowest BCUT2D eigenvalue weighted by atomic mass is 10.0. The zero-order valence-corrected chi connectivity index (χ0v) is 16.6. The molecule has 0 amide bonds. The Kier molecular flexibility index (Phi) is 6.37. The Hall–Kier alpha value is -1.67. The highest BCUT2D eigenvalue weighted by Gasteiger charge is 2.28. The summed E-state index contributed by atoms with van der Waals surface area (Å²) in [4.78, 5) is 1.81. The number of hydrogen-bond acceptors (Lipinski definition) is 4. The molecule has 146 valence electrons. The average molecular weight is 413 g/mol. The number of nitrogens with zero attached hydrogens (tertiary/aromatic N) is 1. The third-order valence-electron chi connectivity index (χ3n) is 4.73. The van der Waals surface area contributed by atoms with Crippen molar-refractivity contribution in [2.75, 3.05) is 26.7 Å². The molecule has 2 aromatic rings. The number of benzene rings is 2. The molecule has 8 heteroatoms. The Bertz CT molecular complexity index is 902. The topological polar surface area (TPSA) is 58.6 Å². The number of hydrogen-bond donors (Lipinski definition) is 1. The van der Waals surface area contributed by atoms with Crippen LogP contribution in [-0.2, 0) is 10.0 Å². The first-order valence-corrected chi connectivity index (χ1v) is 10.6. The Morgan fingerprint density at radius 2 is 1.93 bits per heavy atom. The predicted molar refractivity (Wildman–Crippen MR) is 103 cm³/mol. The van der Waals surface area contributed by atoms with Crippen molar-refractivity contribution in [1.82, 2.24) is 9.62 Å². The van der Waals surface area contributed by atoms with Crippen LogP contribution in [0.2, 0.25) is 5.02 Å². The van der Waals surface area contributed by atoms with Crippen molar-refractivity contribution in [2.45, 2.75) is 23.8 Å². The molecule has 0 bridgehead atoms. The highest BCUT2D eigenvalue weighted by atomic mass is 35.5. The summed E-state index contributed by atoms with van der Waals surface area (Å²) in [5.74, 6) is -0.170. The van der Waals surface area contributed by atoms with Gasteiger partial charge in [-0.05, 0) is 50.2 Å². The van der Waals surface area contributed by atoms with Crippen molar-refractivity contribution < 1.29 is 17.5 Å². The number of ether oxygens (including phenoxy) is 1. The highest BCUT2D eigenvalue weighted by Crippen LogP contribution is 2.31. The van der Waals surface area contributed by atoms with Crippen molar-refractivity contribution in [2.24, 2.45) is 0 Å². The molecule has 5 nitrogen and oxygen atoms in total. The lowest BCUT2D eigenvalue weighted by Gasteiger charge is -2.29. The fourth-order valence-corrected chi connectivity index (χ4v) is 4.64. The van der Waals surface area contributed by atoms with Crippen LogP contribution in [0.15, 0.2) is 47.4 Å². The second-order valence-corrected chi connectivity index (χ2v) is 8.60. The Morgan fingerprint density at radius 1 is 1.22 bits per heavy atom. The van der Waals surface area contributed by atoms with Gasteiger partial charge in [0.15, 0.2) is 0 Å². The van der Waals surface area contributed by atoms with Crippen molar-refractivity contribution in [1.29, 1.82) is 0 Å². The third kappa shape index (κ3) is 4.60. The van der Waals surface area contributed by atoms with E-state index in [2.05, 4.69) is 9.62 Å². The molecule has 1 aliphatic heterocycles. The van der Waals surface area contributed by atoms with Crippen LogP contribution in [0.3, 0.4) is 0 Å². The molecule has 1 atom stereocenters.